The number of benzene rings is 1. The molecule has 0 aliphatic heterocycles. The molecule has 0 saturated heterocycles. The van der Waals surface area contributed by atoms with Crippen molar-refractivity contribution in [1.29, 1.82) is 0 Å². The number of alkyl halides is 3. The Hall–Kier alpha value is -2.40. The Morgan fingerprint density at radius 1 is 0.952 bits per heavy atom. The van der Waals surface area contributed by atoms with Crippen molar-refractivity contribution >= 4 is 17.2 Å². The fourth-order valence-electron chi connectivity index (χ4n) is 7.31. The molecule has 2 N–H and O–H groups in total. The van der Waals surface area contributed by atoms with Crippen molar-refractivity contribution in [3.63, 3.8) is 0 Å². The van der Waals surface area contributed by atoms with Gasteiger partial charge in [-0.1, -0.05) is 81.5 Å². The molecule has 5 rings (SSSR count). The second kappa shape index (κ2) is 13.9. The molecule has 7 nitrogen and oxygen atoms in total. The van der Waals surface area contributed by atoms with Gasteiger partial charge in [-0.2, -0.15) is 0 Å². The number of nitrogens with zero attached hydrogens (tertiary/aromatic N) is 1. The molecule has 2 aromatic rings. The molecule has 0 radical (unpaired) electrons. The van der Waals surface area contributed by atoms with Gasteiger partial charge < -0.3 is 9.26 Å². The third-order valence-corrected chi connectivity index (χ3v) is 9.86. The molecule has 42 heavy (non-hydrogen) atoms. The van der Waals surface area contributed by atoms with Crippen molar-refractivity contribution in [3.05, 3.63) is 35.6 Å². The number of ether oxygens (including phenoxy) is 1. The van der Waals surface area contributed by atoms with Crippen LogP contribution < -0.4 is 9.46 Å². The molecule has 1 atom stereocenters. The summed E-state index contributed by atoms with van der Waals surface area (Å²) in [5.74, 6) is 2.11. The largest absolute Gasteiger partial charge is 0.573 e. The van der Waals surface area contributed by atoms with Gasteiger partial charge in [-0.15, -0.1) is 13.2 Å². The van der Waals surface area contributed by atoms with Crippen LogP contribution in [0.4, 0.5) is 13.2 Å². The molecule has 1 heterocycles. The molecular weight excluding hydrogens is 569 g/mol. The predicted molar refractivity (Wildman–Crippen MR) is 153 cm³/mol. The molecule has 1 aromatic carbocycles. The van der Waals surface area contributed by atoms with Crippen LogP contribution in [0.2, 0.25) is 0 Å². The summed E-state index contributed by atoms with van der Waals surface area (Å²) in [5.41, 5.74) is 1.74. The maximum Gasteiger partial charge on any atom is 0.573 e. The summed E-state index contributed by atoms with van der Waals surface area (Å²) in [6.07, 6.45) is 10.3. The summed E-state index contributed by atoms with van der Waals surface area (Å²) in [4.78, 5) is 12.2. The maximum atomic E-state index is 13.1. The fourth-order valence-corrected chi connectivity index (χ4v) is 7.65. The van der Waals surface area contributed by atoms with Crippen LogP contribution >= 0.6 is 0 Å². The molecule has 3 aliphatic carbocycles. The minimum absolute atomic E-state index is 0.185. The summed E-state index contributed by atoms with van der Waals surface area (Å²) in [6, 6.07) is 6.18. The lowest BCUT2D eigenvalue weighted by atomic mass is 9.73. The van der Waals surface area contributed by atoms with Crippen LogP contribution in [0.3, 0.4) is 0 Å². The molecule has 3 fully saturated rings. The van der Waals surface area contributed by atoms with E-state index in [9.17, 15) is 22.2 Å². The number of rotatable bonds is 8. The van der Waals surface area contributed by atoms with E-state index in [2.05, 4.69) is 14.6 Å². The van der Waals surface area contributed by atoms with Gasteiger partial charge >= 0.3 is 6.36 Å². The van der Waals surface area contributed by atoms with Crippen LogP contribution in [0, 0.1) is 23.7 Å². The van der Waals surface area contributed by atoms with Crippen LogP contribution in [-0.2, 0) is 22.5 Å². The zero-order valence-corrected chi connectivity index (χ0v) is 24.7. The van der Waals surface area contributed by atoms with Crippen molar-refractivity contribution < 1.29 is 36.0 Å². The van der Waals surface area contributed by atoms with E-state index in [0.717, 1.165) is 94.8 Å². The van der Waals surface area contributed by atoms with E-state index >= 15 is 0 Å². The number of para-hydroxylation sites is 1. The monoisotopic (exact) mass is 610 g/mol. The van der Waals surface area contributed by atoms with Gasteiger partial charge in [-0.3, -0.25) is 14.1 Å². The molecule has 232 valence electrons. The van der Waals surface area contributed by atoms with Crippen LogP contribution in [-0.4, -0.2) is 26.2 Å². The highest BCUT2D eigenvalue weighted by Gasteiger charge is 2.36. The summed E-state index contributed by atoms with van der Waals surface area (Å²) in [6.45, 7) is 0. The molecule has 11 heteroatoms. The zero-order valence-electron chi connectivity index (χ0n) is 23.9. The van der Waals surface area contributed by atoms with E-state index in [0.29, 0.717) is 34.9 Å². The topological polar surface area (TPSA) is 102 Å². The summed E-state index contributed by atoms with van der Waals surface area (Å²) in [7, 11) is 0. The summed E-state index contributed by atoms with van der Waals surface area (Å²) >= 11 is -2.31. The van der Waals surface area contributed by atoms with Gasteiger partial charge in [-0.05, 0) is 62.0 Å². The van der Waals surface area contributed by atoms with Crippen LogP contribution in [0.15, 0.2) is 28.8 Å². The van der Waals surface area contributed by atoms with E-state index in [4.69, 9.17) is 9.08 Å². The van der Waals surface area contributed by atoms with E-state index in [1.54, 1.807) is 12.1 Å². The Balaban J connectivity index is 1.20. The number of carbonyl (C=O) groups is 1. The fraction of sp³-hybridized carbons (Fsp3) is 0.677. The minimum atomic E-state index is -4.79. The standard InChI is InChI=1S/C31H41F3N2O5S/c32-31(33,34)40-27-16-2-1-15-25(27)28-26(29(41-35-28)23-17-18-23)19-20-7-3-9-21(10-4-8-20)22-11-5-13-24(14-6-12-22)30(37)36-42(38)39/h1-2,15-16,20-24H,3-14,17-19H2,(H,36,37)(H,38,39). The Morgan fingerprint density at radius 2 is 1.55 bits per heavy atom. The molecule has 1 aromatic heterocycles. The third kappa shape index (κ3) is 8.36. The van der Waals surface area contributed by atoms with Gasteiger partial charge in [0.25, 0.3) is 11.3 Å². The number of hydrogen-bond acceptors (Lipinski definition) is 5. The Bertz CT molecular complexity index is 1210. The highest BCUT2D eigenvalue weighted by atomic mass is 32.2. The molecule has 0 bridgehead atoms. The van der Waals surface area contributed by atoms with E-state index < -0.39 is 17.6 Å². The van der Waals surface area contributed by atoms with Gasteiger partial charge in [-0.25, -0.2) is 4.21 Å². The molecule has 3 aliphatic rings. The van der Waals surface area contributed by atoms with Crippen LogP contribution in [0.1, 0.15) is 107 Å². The third-order valence-electron chi connectivity index (χ3n) is 9.48. The number of amides is 1. The highest BCUT2D eigenvalue weighted by Crippen LogP contribution is 2.47. The van der Waals surface area contributed by atoms with Crippen molar-refractivity contribution in [3.8, 4) is 17.0 Å². The number of aromatic nitrogens is 1. The molecule has 3 saturated carbocycles. The van der Waals surface area contributed by atoms with E-state index in [1.807, 2.05) is 0 Å². The number of nitrogens with one attached hydrogen (secondary N) is 1. The lowest BCUT2D eigenvalue weighted by Crippen LogP contribution is -2.33. The average Bonchev–Trinajstić information content (AvgIpc) is 3.65. The first-order valence-electron chi connectivity index (χ1n) is 15.4. The van der Waals surface area contributed by atoms with Crippen molar-refractivity contribution in [2.45, 2.75) is 109 Å². The second-order valence-electron chi connectivity index (χ2n) is 12.4. The molecular formula is C31H41F3N2O5S. The first-order chi connectivity index (χ1) is 20.2. The molecule has 1 amide bonds. The Kier molecular flexibility index (Phi) is 10.3. The summed E-state index contributed by atoms with van der Waals surface area (Å²) in [5, 5.41) is 4.29. The zero-order chi connectivity index (χ0) is 29.7. The first kappa shape index (κ1) is 31.0. The first-order valence-corrected chi connectivity index (χ1v) is 16.5. The summed E-state index contributed by atoms with van der Waals surface area (Å²) < 4.78 is 71.6. The quantitative estimate of drug-likeness (QED) is 0.293. The lowest BCUT2D eigenvalue weighted by Gasteiger charge is -2.33. The van der Waals surface area contributed by atoms with E-state index in [1.165, 1.54) is 25.0 Å². The SMILES string of the molecule is O=C(NS(=O)O)C1CCCC(C2CCCC(Cc3c(-c4ccccc4OC(F)(F)F)noc3C3CC3)CCC2)CCC1. The van der Waals surface area contributed by atoms with Crippen molar-refractivity contribution in [2.75, 3.05) is 0 Å². The van der Waals surface area contributed by atoms with Crippen molar-refractivity contribution in [1.82, 2.24) is 9.88 Å². The van der Waals surface area contributed by atoms with Crippen LogP contribution in [0.25, 0.3) is 11.3 Å². The maximum absolute atomic E-state index is 13.1. The van der Waals surface area contributed by atoms with Gasteiger partial charge in [0.1, 0.15) is 17.2 Å². The predicted octanol–water partition coefficient (Wildman–Crippen LogP) is 8.09. The highest BCUT2D eigenvalue weighted by molar-refractivity contribution is 7.77. The van der Waals surface area contributed by atoms with E-state index in [-0.39, 0.29) is 17.6 Å². The van der Waals surface area contributed by atoms with Crippen molar-refractivity contribution in [2.24, 2.45) is 23.7 Å². The van der Waals surface area contributed by atoms with Gasteiger partial charge in [0, 0.05) is 23.0 Å². The molecule has 1 unspecified atom stereocenters. The van der Waals surface area contributed by atoms with Gasteiger partial charge in [0.2, 0.25) is 5.91 Å². The number of hydrogen-bond donors (Lipinski definition) is 2. The van der Waals surface area contributed by atoms with Gasteiger partial charge in [0.15, 0.2) is 0 Å². The number of halogens is 3. The number of carbonyl (C=O) groups excluding carboxylic acids is 1. The smallest absolute Gasteiger partial charge is 0.405 e. The lowest BCUT2D eigenvalue weighted by molar-refractivity contribution is -0.274. The minimum Gasteiger partial charge on any atom is -0.405 e. The molecule has 0 spiro atoms. The van der Waals surface area contributed by atoms with Crippen LogP contribution in [0.5, 0.6) is 5.75 Å². The average molecular weight is 611 g/mol. The Labute approximate surface area is 247 Å². The van der Waals surface area contributed by atoms with Gasteiger partial charge in [0.05, 0.1) is 0 Å². The Morgan fingerprint density at radius 3 is 2.12 bits per heavy atom. The normalized spacial score (nSPS) is 26.8. The second-order valence-corrected chi connectivity index (χ2v) is 13.1.